The van der Waals surface area contributed by atoms with Gasteiger partial charge in [-0.15, -0.1) is 0 Å². The highest BCUT2D eigenvalue weighted by Gasteiger charge is 2.25. The molecule has 0 saturated heterocycles. The van der Waals surface area contributed by atoms with Gasteiger partial charge in [-0.25, -0.2) is 9.79 Å². The Kier molecular flexibility index (Phi) is 5.97. The molecule has 0 spiro atoms. The molecule has 0 saturated carbocycles. The zero-order valence-electron chi connectivity index (χ0n) is 15.1. The quantitative estimate of drug-likeness (QED) is 0.243. The predicted octanol–water partition coefficient (Wildman–Crippen LogP) is 5.87. The summed E-state index contributed by atoms with van der Waals surface area (Å²) < 4.78 is 12.1. The van der Waals surface area contributed by atoms with Gasteiger partial charge in [0.05, 0.1) is 10.6 Å². The molecule has 1 aliphatic heterocycles. The van der Waals surface area contributed by atoms with Gasteiger partial charge in [-0.05, 0) is 70.1 Å². The van der Waals surface area contributed by atoms with Crippen molar-refractivity contribution in [1.82, 2.24) is 0 Å². The van der Waals surface area contributed by atoms with E-state index in [1.54, 1.807) is 12.1 Å². The van der Waals surface area contributed by atoms with E-state index < -0.39 is 5.97 Å². The largest absolute Gasteiger partial charge is 0.489 e. The molecule has 3 aromatic carbocycles. The zero-order chi connectivity index (χ0) is 20.2. The molecule has 1 aliphatic rings. The van der Waals surface area contributed by atoms with Crippen molar-refractivity contribution in [2.75, 3.05) is 0 Å². The normalized spacial score (nSPS) is 14.6. The number of hydrogen-bond donors (Lipinski definition) is 0. The van der Waals surface area contributed by atoms with E-state index in [1.165, 1.54) is 0 Å². The molecule has 0 bridgehead atoms. The fourth-order valence-electron chi connectivity index (χ4n) is 2.78. The van der Waals surface area contributed by atoms with Gasteiger partial charge in [0.2, 0.25) is 5.90 Å². The maximum Gasteiger partial charge on any atom is 0.363 e. The van der Waals surface area contributed by atoms with Gasteiger partial charge < -0.3 is 9.47 Å². The van der Waals surface area contributed by atoms with Gasteiger partial charge in [0.15, 0.2) is 5.70 Å². The van der Waals surface area contributed by atoms with Crippen molar-refractivity contribution in [3.8, 4) is 5.75 Å². The van der Waals surface area contributed by atoms with Gasteiger partial charge >= 0.3 is 5.97 Å². The van der Waals surface area contributed by atoms with Gasteiger partial charge in [0.1, 0.15) is 12.4 Å². The number of cyclic esters (lactones) is 1. The molecule has 0 unspecified atom stereocenters. The van der Waals surface area contributed by atoms with Crippen LogP contribution < -0.4 is 4.74 Å². The minimum atomic E-state index is -0.509. The number of halogens is 2. The van der Waals surface area contributed by atoms with Crippen molar-refractivity contribution in [2.24, 2.45) is 4.99 Å². The van der Waals surface area contributed by atoms with Crippen LogP contribution in [0, 0.1) is 3.57 Å². The Hall–Kier alpha value is -2.64. The number of ether oxygens (including phenoxy) is 2. The van der Waals surface area contributed by atoms with Gasteiger partial charge in [-0.3, -0.25) is 0 Å². The van der Waals surface area contributed by atoms with E-state index in [9.17, 15) is 4.79 Å². The van der Waals surface area contributed by atoms with Crippen LogP contribution in [0.4, 0.5) is 0 Å². The molecule has 0 N–H and O–H groups in total. The van der Waals surface area contributed by atoms with E-state index in [2.05, 4.69) is 27.6 Å². The number of hydrogen-bond acceptors (Lipinski definition) is 4. The van der Waals surface area contributed by atoms with E-state index in [0.717, 1.165) is 14.7 Å². The molecule has 4 rings (SSSR count). The number of esters is 1. The first-order chi connectivity index (χ1) is 14.1. The number of aliphatic imine (C=N–C) groups is 1. The Morgan fingerprint density at radius 1 is 1.03 bits per heavy atom. The fraction of sp³-hybridized carbons (Fsp3) is 0.0435. The molecule has 144 valence electrons. The van der Waals surface area contributed by atoms with Crippen LogP contribution in [0.2, 0.25) is 5.02 Å². The van der Waals surface area contributed by atoms with Crippen molar-refractivity contribution in [3.05, 3.63) is 104 Å². The summed E-state index contributed by atoms with van der Waals surface area (Å²) in [5.41, 5.74) is 2.69. The average molecular weight is 516 g/mol. The zero-order valence-corrected chi connectivity index (χ0v) is 18.1. The Morgan fingerprint density at radius 2 is 1.86 bits per heavy atom. The van der Waals surface area contributed by atoms with Crippen LogP contribution >= 0.6 is 34.2 Å². The van der Waals surface area contributed by atoms with E-state index in [-0.39, 0.29) is 11.6 Å². The molecule has 29 heavy (non-hydrogen) atoms. The molecule has 0 radical (unpaired) electrons. The Labute approximate surface area is 187 Å². The lowest BCUT2D eigenvalue weighted by molar-refractivity contribution is -0.129. The molecule has 4 nitrogen and oxygen atoms in total. The first-order valence-electron chi connectivity index (χ1n) is 8.83. The lowest BCUT2D eigenvalue weighted by Gasteiger charge is -2.07. The molecule has 0 fully saturated rings. The van der Waals surface area contributed by atoms with Crippen molar-refractivity contribution in [3.63, 3.8) is 0 Å². The van der Waals surface area contributed by atoms with Gasteiger partial charge in [0, 0.05) is 3.57 Å². The summed E-state index contributed by atoms with van der Waals surface area (Å²) in [7, 11) is 0. The highest BCUT2D eigenvalue weighted by Crippen LogP contribution is 2.26. The number of carbonyl (C=O) groups is 1. The van der Waals surface area contributed by atoms with Crippen LogP contribution in [0.5, 0.6) is 5.75 Å². The summed E-state index contributed by atoms with van der Waals surface area (Å²) in [4.78, 5) is 16.6. The summed E-state index contributed by atoms with van der Waals surface area (Å²) in [6, 6.07) is 22.9. The molecule has 0 atom stereocenters. The van der Waals surface area contributed by atoms with Gasteiger partial charge in [0.25, 0.3) is 0 Å². The predicted molar refractivity (Wildman–Crippen MR) is 122 cm³/mol. The molecule has 0 aromatic heterocycles. The molecule has 1 heterocycles. The molecule has 3 aromatic rings. The van der Waals surface area contributed by atoms with Crippen molar-refractivity contribution in [2.45, 2.75) is 6.61 Å². The lowest BCUT2D eigenvalue weighted by Crippen LogP contribution is -2.06. The van der Waals surface area contributed by atoms with Crippen LogP contribution in [-0.2, 0) is 16.1 Å². The number of carbonyl (C=O) groups excluding carboxylic acids is 1. The first-order valence-corrected chi connectivity index (χ1v) is 10.3. The molecule has 0 amide bonds. The van der Waals surface area contributed by atoms with E-state index >= 15 is 0 Å². The number of nitrogens with zero attached hydrogens (tertiary/aromatic N) is 1. The molecule has 0 aliphatic carbocycles. The van der Waals surface area contributed by atoms with Crippen molar-refractivity contribution in [1.29, 1.82) is 0 Å². The second-order valence-corrected chi connectivity index (χ2v) is 7.96. The summed E-state index contributed by atoms with van der Waals surface area (Å²) in [5, 5.41) is 0.481. The third kappa shape index (κ3) is 4.86. The third-order valence-electron chi connectivity index (χ3n) is 4.19. The highest BCUT2D eigenvalue weighted by atomic mass is 127. The van der Waals surface area contributed by atoms with Crippen LogP contribution in [-0.4, -0.2) is 11.9 Å². The van der Waals surface area contributed by atoms with Crippen LogP contribution in [0.3, 0.4) is 0 Å². The first kappa shape index (κ1) is 19.7. The fourth-order valence-corrected chi connectivity index (χ4v) is 3.47. The highest BCUT2D eigenvalue weighted by molar-refractivity contribution is 14.1. The van der Waals surface area contributed by atoms with Gasteiger partial charge in [-0.1, -0.05) is 54.1 Å². The maximum atomic E-state index is 12.3. The van der Waals surface area contributed by atoms with Crippen molar-refractivity contribution < 1.29 is 14.3 Å². The maximum absolute atomic E-state index is 12.3. The molecular formula is C23H15ClINO3. The average Bonchev–Trinajstić information content (AvgIpc) is 3.09. The topological polar surface area (TPSA) is 47.9 Å². The lowest BCUT2D eigenvalue weighted by atomic mass is 10.2. The number of rotatable bonds is 5. The summed E-state index contributed by atoms with van der Waals surface area (Å²) in [6.45, 7) is 0.469. The second kappa shape index (κ2) is 8.80. The van der Waals surface area contributed by atoms with E-state index in [1.807, 2.05) is 66.7 Å². The van der Waals surface area contributed by atoms with Crippen LogP contribution in [0.15, 0.2) is 83.5 Å². The van der Waals surface area contributed by atoms with Gasteiger partial charge in [-0.2, -0.15) is 0 Å². The minimum absolute atomic E-state index is 0.209. The molecular weight excluding hydrogens is 501 g/mol. The number of benzene rings is 3. The van der Waals surface area contributed by atoms with Crippen molar-refractivity contribution >= 4 is 52.1 Å². The van der Waals surface area contributed by atoms with E-state index in [0.29, 0.717) is 22.9 Å². The minimum Gasteiger partial charge on any atom is -0.489 e. The standard InChI is InChI=1S/C23H15ClINO3/c24-20-10-9-17(25)13-19(20)22-26-21(23(27)29-22)12-16-7-4-8-18(11-16)28-14-15-5-2-1-3-6-15/h1-13H,14H2. The Bertz CT molecular complexity index is 1130. The third-order valence-corrected chi connectivity index (χ3v) is 5.19. The Morgan fingerprint density at radius 3 is 2.69 bits per heavy atom. The SMILES string of the molecule is O=C1OC(c2cc(I)ccc2Cl)=NC1=Cc1cccc(OCc2ccccc2)c1. The summed E-state index contributed by atoms with van der Waals surface area (Å²) in [5.74, 6) is 0.409. The summed E-state index contributed by atoms with van der Waals surface area (Å²) in [6.07, 6.45) is 1.67. The summed E-state index contributed by atoms with van der Waals surface area (Å²) >= 11 is 8.40. The van der Waals surface area contributed by atoms with E-state index in [4.69, 9.17) is 21.1 Å². The van der Waals surface area contributed by atoms with Crippen LogP contribution in [0.25, 0.3) is 6.08 Å². The monoisotopic (exact) mass is 515 g/mol. The van der Waals surface area contributed by atoms with Crippen LogP contribution in [0.1, 0.15) is 16.7 Å². The molecule has 6 heteroatoms. The second-order valence-electron chi connectivity index (χ2n) is 6.31. The Balaban J connectivity index is 1.55. The smallest absolute Gasteiger partial charge is 0.363 e.